The minimum Gasteiger partial charge on any atom is -0.337 e. The molecule has 0 amide bonds. The smallest absolute Gasteiger partial charge is 0.186 e. The summed E-state index contributed by atoms with van der Waals surface area (Å²) in [6.07, 6.45) is 5.96. The number of thiophene rings is 1. The summed E-state index contributed by atoms with van der Waals surface area (Å²) in [6.45, 7) is 0. The van der Waals surface area contributed by atoms with Crippen molar-refractivity contribution in [1.29, 1.82) is 0 Å². The molecule has 0 unspecified atom stereocenters. The number of nitrogens with one attached hydrogen (secondary N) is 1. The molecule has 1 aliphatic rings. The number of aryl methyl sites for hydroxylation is 2. The molecule has 0 saturated heterocycles. The second kappa shape index (κ2) is 4.91. The molecule has 0 atom stereocenters. The van der Waals surface area contributed by atoms with Gasteiger partial charge in [0.2, 0.25) is 0 Å². The van der Waals surface area contributed by atoms with Crippen molar-refractivity contribution in [3.8, 4) is 10.7 Å². The molecule has 3 aromatic rings. The fourth-order valence-electron chi connectivity index (χ4n) is 2.92. The Morgan fingerprint density at radius 2 is 1.95 bits per heavy atom. The highest BCUT2D eigenvalue weighted by molar-refractivity contribution is 7.15. The highest BCUT2D eigenvalue weighted by atomic mass is 32.1. The molecular formula is C16H14F2N2S. The summed E-state index contributed by atoms with van der Waals surface area (Å²) in [5.74, 6) is -1.11. The van der Waals surface area contributed by atoms with Crippen LogP contribution in [0.15, 0.2) is 18.2 Å². The van der Waals surface area contributed by atoms with Crippen LogP contribution in [0.3, 0.4) is 0 Å². The Kier molecular flexibility index (Phi) is 3.03. The quantitative estimate of drug-likeness (QED) is 0.640. The Balaban J connectivity index is 1.81. The molecule has 0 spiro atoms. The molecule has 21 heavy (non-hydrogen) atoms. The minimum atomic E-state index is -0.881. The molecule has 0 aliphatic heterocycles. The standard InChI is InChI=1S/C16H14F2N2S/c17-10-6-7-11-15(14(10)18)20-16(19-11)13-8-9-4-2-1-3-5-12(9)21-13/h6-8H,1-5H2,(H,19,20). The Morgan fingerprint density at radius 3 is 2.86 bits per heavy atom. The number of H-pyrrole nitrogens is 1. The lowest BCUT2D eigenvalue weighted by atomic mass is 10.1. The Hall–Kier alpha value is -1.75. The van der Waals surface area contributed by atoms with Crippen molar-refractivity contribution in [2.45, 2.75) is 32.1 Å². The topological polar surface area (TPSA) is 28.7 Å². The van der Waals surface area contributed by atoms with E-state index >= 15 is 0 Å². The molecule has 4 rings (SSSR count). The van der Waals surface area contributed by atoms with E-state index in [9.17, 15) is 8.78 Å². The van der Waals surface area contributed by atoms with E-state index in [2.05, 4.69) is 16.0 Å². The van der Waals surface area contributed by atoms with Gasteiger partial charge in [-0.3, -0.25) is 0 Å². The van der Waals surface area contributed by atoms with Crippen molar-refractivity contribution in [1.82, 2.24) is 9.97 Å². The average molecular weight is 304 g/mol. The van der Waals surface area contributed by atoms with Crippen LogP contribution in [0.25, 0.3) is 21.7 Å². The second-order valence-electron chi connectivity index (χ2n) is 5.46. The zero-order valence-electron chi connectivity index (χ0n) is 11.4. The van der Waals surface area contributed by atoms with Crippen molar-refractivity contribution in [2.24, 2.45) is 0 Å². The third-order valence-corrected chi connectivity index (χ3v) is 5.27. The van der Waals surface area contributed by atoms with Crippen LogP contribution in [-0.4, -0.2) is 9.97 Å². The van der Waals surface area contributed by atoms with Crippen LogP contribution in [-0.2, 0) is 12.8 Å². The van der Waals surface area contributed by atoms with Crippen LogP contribution in [0.4, 0.5) is 8.78 Å². The van der Waals surface area contributed by atoms with Gasteiger partial charge in [0.05, 0.1) is 10.4 Å². The number of aromatic nitrogens is 2. The van der Waals surface area contributed by atoms with Gasteiger partial charge in [-0.25, -0.2) is 13.8 Å². The maximum Gasteiger partial charge on any atom is 0.186 e. The number of rotatable bonds is 1. The molecule has 1 aliphatic carbocycles. The normalized spacial score (nSPS) is 15.1. The Morgan fingerprint density at radius 1 is 1.10 bits per heavy atom. The number of benzene rings is 1. The molecule has 0 radical (unpaired) electrons. The van der Waals surface area contributed by atoms with Crippen LogP contribution in [0.5, 0.6) is 0 Å². The van der Waals surface area contributed by atoms with Gasteiger partial charge in [0.15, 0.2) is 11.6 Å². The van der Waals surface area contributed by atoms with Crippen LogP contribution in [0, 0.1) is 11.6 Å². The fraction of sp³-hybridized carbons (Fsp3) is 0.312. The molecule has 108 valence electrons. The molecular weight excluding hydrogens is 290 g/mol. The Bertz CT molecular complexity index is 796. The van der Waals surface area contributed by atoms with Gasteiger partial charge in [-0.2, -0.15) is 0 Å². The van der Waals surface area contributed by atoms with Gasteiger partial charge in [-0.05, 0) is 49.4 Å². The van der Waals surface area contributed by atoms with Crippen molar-refractivity contribution in [3.63, 3.8) is 0 Å². The molecule has 2 heterocycles. The first-order valence-corrected chi connectivity index (χ1v) is 8.00. The molecule has 5 heteroatoms. The lowest BCUT2D eigenvalue weighted by Gasteiger charge is -1.92. The number of nitrogens with zero attached hydrogens (tertiary/aromatic N) is 1. The molecule has 0 bridgehead atoms. The molecule has 0 fully saturated rings. The van der Waals surface area contributed by atoms with E-state index in [1.54, 1.807) is 11.3 Å². The van der Waals surface area contributed by atoms with E-state index < -0.39 is 11.6 Å². The van der Waals surface area contributed by atoms with E-state index in [1.807, 2.05) is 0 Å². The summed E-state index contributed by atoms with van der Waals surface area (Å²) in [7, 11) is 0. The average Bonchev–Trinajstić information content (AvgIpc) is 3.02. The molecule has 1 N–H and O–H groups in total. The van der Waals surface area contributed by atoms with Gasteiger partial charge in [-0.15, -0.1) is 11.3 Å². The van der Waals surface area contributed by atoms with Gasteiger partial charge >= 0.3 is 0 Å². The Labute approximate surface area is 124 Å². The highest BCUT2D eigenvalue weighted by Crippen LogP contribution is 2.35. The first kappa shape index (κ1) is 13.0. The molecule has 2 nitrogen and oxygen atoms in total. The maximum atomic E-state index is 13.8. The number of fused-ring (bicyclic) bond motifs is 2. The van der Waals surface area contributed by atoms with Gasteiger partial charge in [0.25, 0.3) is 0 Å². The lowest BCUT2D eigenvalue weighted by Crippen LogP contribution is -1.84. The van der Waals surface area contributed by atoms with E-state index in [0.717, 1.165) is 23.8 Å². The molecule has 2 aromatic heterocycles. The first-order chi connectivity index (χ1) is 10.2. The van der Waals surface area contributed by atoms with Crippen molar-refractivity contribution in [3.05, 3.63) is 40.3 Å². The molecule has 0 saturated carbocycles. The predicted octanol–water partition coefficient (Wildman–Crippen LogP) is 4.84. The van der Waals surface area contributed by atoms with Gasteiger partial charge in [0, 0.05) is 4.88 Å². The highest BCUT2D eigenvalue weighted by Gasteiger charge is 2.17. The van der Waals surface area contributed by atoms with Crippen molar-refractivity contribution >= 4 is 22.4 Å². The van der Waals surface area contributed by atoms with Crippen LogP contribution in [0.1, 0.15) is 29.7 Å². The first-order valence-electron chi connectivity index (χ1n) is 7.18. The summed E-state index contributed by atoms with van der Waals surface area (Å²) in [5, 5.41) is 0. The van der Waals surface area contributed by atoms with Crippen molar-refractivity contribution < 1.29 is 8.78 Å². The number of imidazole rings is 1. The number of halogens is 2. The van der Waals surface area contributed by atoms with E-state index in [-0.39, 0.29) is 5.52 Å². The largest absolute Gasteiger partial charge is 0.337 e. The maximum absolute atomic E-state index is 13.8. The fourth-order valence-corrected chi connectivity index (χ4v) is 4.12. The van der Waals surface area contributed by atoms with E-state index in [4.69, 9.17) is 0 Å². The number of hydrogen-bond acceptors (Lipinski definition) is 2. The number of hydrogen-bond donors (Lipinski definition) is 1. The summed E-state index contributed by atoms with van der Waals surface area (Å²) in [6, 6.07) is 4.81. The summed E-state index contributed by atoms with van der Waals surface area (Å²) in [5.41, 5.74) is 2.00. The van der Waals surface area contributed by atoms with Crippen molar-refractivity contribution in [2.75, 3.05) is 0 Å². The SMILES string of the molecule is Fc1ccc2[nH]c(-c3cc4c(s3)CCCCC4)nc2c1F. The summed E-state index contributed by atoms with van der Waals surface area (Å²) in [4.78, 5) is 9.77. The third-order valence-electron chi connectivity index (χ3n) is 4.03. The molecule has 1 aromatic carbocycles. The van der Waals surface area contributed by atoms with E-state index in [0.29, 0.717) is 11.3 Å². The number of aromatic amines is 1. The van der Waals surface area contributed by atoms with Gasteiger partial charge in [0.1, 0.15) is 11.3 Å². The van der Waals surface area contributed by atoms with Crippen LogP contribution < -0.4 is 0 Å². The van der Waals surface area contributed by atoms with Gasteiger partial charge < -0.3 is 4.98 Å². The van der Waals surface area contributed by atoms with Gasteiger partial charge in [-0.1, -0.05) is 6.42 Å². The van der Waals surface area contributed by atoms with Crippen LogP contribution >= 0.6 is 11.3 Å². The summed E-state index contributed by atoms with van der Waals surface area (Å²) < 4.78 is 27.0. The third kappa shape index (κ3) is 2.16. The monoisotopic (exact) mass is 304 g/mol. The predicted molar refractivity (Wildman–Crippen MR) is 80.6 cm³/mol. The summed E-state index contributed by atoms with van der Waals surface area (Å²) >= 11 is 1.72. The van der Waals surface area contributed by atoms with E-state index in [1.165, 1.54) is 35.8 Å². The lowest BCUT2D eigenvalue weighted by molar-refractivity contribution is 0.515. The van der Waals surface area contributed by atoms with Crippen LogP contribution in [0.2, 0.25) is 0 Å². The second-order valence-corrected chi connectivity index (χ2v) is 6.60. The zero-order chi connectivity index (χ0) is 14.4. The minimum absolute atomic E-state index is 0.0774. The zero-order valence-corrected chi connectivity index (χ0v) is 12.2.